The molecule has 1 atom stereocenters. The molecule has 0 aliphatic rings. The highest BCUT2D eigenvalue weighted by Crippen LogP contribution is 2.12. The summed E-state index contributed by atoms with van der Waals surface area (Å²) in [5, 5.41) is 3.28. The summed E-state index contributed by atoms with van der Waals surface area (Å²) in [6, 6.07) is 3.49. The van der Waals surface area contributed by atoms with Crippen LogP contribution in [0.3, 0.4) is 0 Å². The Morgan fingerprint density at radius 3 is 3.07 bits per heavy atom. The highest BCUT2D eigenvalue weighted by Gasteiger charge is 2.10. The summed E-state index contributed by atoms with van der Waals surface area (Å²) in [4.78, 5) is 15.7. The van der Waals surface area contributed by atoms with Gasteiger partial charge in [-0.1, -0.05) is 6.92 Å². The zero-order chi connectivity index (χ0) is 11.3. The van der Waals surface area contributed by atoms with Crippen LogP contribution in [0, 0.1) is 0 Å². The van der Waals surface area contributed by atoms with Crippen molar-refractivity contribution in [1.29, 1.82) is 0 Å². The Kier molecular flexibility index (Phi) is 5.11. The van der Waals surface area contributed by atoms with E-state index in [2.05, 4.69) is 33.2 Å². The lowest BCUT2D eigenvalue weighted by molar-refractivity contribution is 0.0953. The van der Waals surface area contributed by atoms with Crippen LogP contribution in [0.5, 0.6) is 0 Å². The van der Waals surface area contributed by atoms with Gasteiger partial charge in [0.25, 0.3) is 5.91 Å². The summed E-state index contributed by atoms with van der Waals surface area (Å²) >= 11 is 4.97. The van der Waals surface area contributed by atoms with Gasteiger partial charge < -0.3 is 5.32 Å². The highest BCUT2D eigenvalue weighted by molar-refractivity contribution is 9.10. The van der Waals surface area contributed by atoms with Crippen molar-refractivity contribution in [2.45, 2.75) is 12.2 Å². The Bertz CT molecular complexity index is 346. The number of pyridine rings is 1. The average Bonchev–Trinajstić information content (AvgIpc) is 2.26. The Morgan fingerprint density at radius 2 is 2.47 bits per heavy atom. The molecule has 1 heterocycles. The van der Waals surface area contributed by atoms with E-state index in [0.29, 0.717) is 22.0 Å². The predicted molar refractivity (Wildman–Crippen MR) is 67.2 cm³/mol. The highest BCUT2D eigenvalue weighted by atomic mass is 79.9. The number of nitrogens with one attached hydrogen (secondary N) is 1. The molecular weight excluding hydrogens is 276 g/mol. The smallest absolute Gasteiger partial charge is 0.254 e. The van der Waals surface area contributed by atoms with Crippen molar-refractivity contribution in [3.05, 3.63) is 28.5 Å². The molecule has 0 aliphatic carbocycles. The molecule has 0 saturated carbocycles. The van der Waals surface area contributed by atoms with E-state index < -0.39 is 0 Å². The number of rotatable bonds is 4. The van der Waals surface area contributed by atoms with E-state index in [4.69, 9.17) is 0 Å². The minimum Gasteiger partial charge on any atom is -0.351 e. The molecule has 1 aromatic rings. The van der Waals surface area contributed by atoms with Gasteiger partial charge >= 0.3 is 0 Å². The minimum atomic E-state index is -0.0872. The number of thioether (sulfide) groups is 1. The molecule has 0 saturated heterocycles. The minimum absolute atomic E-state index is 0.0872. The second kappa shape index (κ2) is 6.12. The number of hydrogen-bond donors (Lipinski definition) is 1. The Morgan fingerprint density at radius 1 is 1.73 bits per heavy atom. The van der Waals surface area contributed by atoms with Crippen LogP contribution < -0.4 is 5.32 Å². The summed E-state index contributed by atoms with van der Waals surface area (Å²) < 4.78 is 0.583. The summed E-state index contributed by atoms with van der Waals surface area (Å²) in [6.07, 6.45) is 3.67. The largest absolute Gasteiger partial charge is 0.351 e. The maximum atomic E-state index is 11.7. The van der Waals surface area contributed by atoms with Gasteiger partial charge in [0, 0.05) is 18.0 Å². The molecule has 5 heteroatoms. The number of hydrogen-bond acceptors (Lipinski definition) is 3. The molecule has 1 N–H and O–H groups in total. The summed E-state index contributed by atoms with van der Waals surface area (Å²) in [5.41, 5.74) is 0.575. The lowest BCUT2D eigenvalue weighted by atomic mass is 10.2. The van der Waals surface area contributed by atoms with E-state index in [-0.39, 0.29) is 5.91 Å². The molecule has 0 aliphatic heterocycles. The summed E-state index contributed by atoms with van der Waals surface area (Å²) in [5.74, 6) is -0.0872. The van der Waals surface area contributed by atoms with Crippen molar-refractivity contribution in [1.82, 2.24) is 10.3 Å². The third kappa shape index (κ3) is 3.83. The Labute approximate surface area is 102 Å². The second-order valence-electron chi connectivity index (χ2n) is 3.10. The number of halogens is 1. The number of amides is 1. The van der Waals surface area contributed by atoms with E-state index in [1.54, 1.807) is 30.1 Å². The Hall–Kier alpha value is -0.550. The fraction of sp³-hybridized carbons (Fsp3) is 0.400. The van der Waals surface area contributed by atoms with Crippen molar-refractivity contribution in [2.24, 2.45) is 0 Å². The van der Waals surface area contributed by atoms with Crippen molar-refractivity contribution in [3.8, 4) is 0 Å². The molecule has 0 radical (unpaired) electrons. The van der Waals surface area contributed by atoms with Gasteiger partial charge in [0.1, 0.15) is 4.60 Å². The SMILES string of the molecule is CSC(C)CNC(=O)c1cccnc1Br. The van der Waals surface area contributed by atoms with Gasteiger partial charge in [0.05, 0.1) is 5.56 Å². The van der Waals surface area contributed by atoms with Gasteiger partial charge in [-0.3, -0.25) is 4.79 Å². The molecule has 82 valence electrons. The topological polar surface area (TPSA) is 42.0 Å². The molecule has 3 nitrogen and oxygen atoms in total. The molecule has 1 rings (SSSR count). The Balaban J connectivity index is 2.58. The van der Waals surface area contributed by atoms with E-state index in [9.17, 15) is 4.79 Å². The van der Waals surface area contributed by atoms with Crippen molar-refractivity contribution in [2.75, 3.05) is 12.8 Å². The van der Waals surface area contributed by atoms with Gasteiger partial charge in [-0.25, -0.2) is 4.98 Å². The zero-order valence-corrected chi connectivity index (χ0v) is 11.1. The maximum absolute atomic E-state index is 11.7. The van der Waals surface area contributed by atoms with Crippen LogP contribution in [-0.4, -0.2) is 28.9 Å². The van der Waals surface area contributed by atoms with Gasteiger partial charge in [-0.15, -0.1) is 0 Å². The van der Waals surface area contributed by atoms with Crippen LogP contribution in [0.2, 0.25) is 0 Å². The van der Waals surface area contributed by atoms with E-state index in [0.717, 1.165) is 0 Å². The van der Waals surface area contributed by atoms with E-state index in [1.807, 2.05) is 6.26 Å². The molecule has 1 amide bonds. The first-order valence-corrected chi connectivity index (χ1v) is 6.64. The van der Waals surface area contributed by atoms with Gasteiger partial charge in [-0.05, 0) is 34.3 Å². The van der Waals surface area contributed by atoms with Crippen LogP contribution in [0.25, 0.3) is 0 Å². The molecule has 0 aromatic carbocycles. The zero-order valence-electron chi connectivity index (χ0n) is 8.66. The third-order valence-electron chi connectivity index (χ3n) is 1.96. The molecule has 0 spiro atoms. The lowest BCUT2D eigenvalue weighted by Crippen LogP contribution is -2.29. The molecule has 1 unspecified atom stereocenters. The molecular formula is C10H13BrN2OS. The molecule has 15 heavy (non-hydrogen) atoms. The number of nitrogens with zero attached hydrogens (tertiary/aromatic N) is 1. The number of carbonyl (C=O) groups is 1. The van der Waals surface area contributed by atoms with Crippen LogP contribution >= 0.6 is 27.7 Å². The first-order chi connectivity index (χ1) is 7.15. The lowest BCUT2D eigenvalue weighted by Gasteiger charge is -2.10. The molecule has 1 aromatic heterocycles. The summed E-state index contributed by atoms with van der Waals surface area (Å²) in [6.45, 7) is 2.74. The average molecular weight is 289 g/mol. The maximum Gasteiger partial charge on any atom is 0.254 e. The van der Waals surface area contributed by atoms with Crippen LogP contribution in [0.4, 0.5) is 0 Å². The number of carbonyl (C=O) groups excluding carboxylic acids is 1. The van der Waals surface area contributed by atoms with Gasteiger partial charge in [0.2, 0.25) is 0 Å². The van der Waals surface area contributed by atoms with Gasteiger partial charge in [-0.2, -0.15) is 11.8 Å². The fourth-order valence-electron chi connectivity index (χ4n) is 0.970. The third-order valence-corrected chi connectivity index (χ3v) is 3.56. The summed E-state index contributed by atoms with van der Waals surface area (Å²) in [7, 11) is 0. The van der Waals surface area contributed by atoms with Crippen molar-refractivity contribution < 1.29 is 4.79 Å². The predicted octanol–water partition coefficient (Wildman–Crippen LogP) is 2.33. The quantitative estimate of drug-likeness (QED) is 0.865. The van der Waals surface area contributed by atoms with E-state index in [1.165, 1.54) is 0 Å². The first kappa shape index (κ1) is 12.5. The van der Waals surface area contributed by atoms with Crippen LogP contribution in [-0.2, 0) is 0 Å². The second-order valence-corrected chi connectivity index (χ2v) is 5.13. The standard InChI is InChI=1S/C10H13BrN2OS/c1-7(15-2)6-13-10(14)8-4-3-5-12-9(8)11/h3-5,7H,6H2,1-2H3,(H,13,14). The normalized spacial score (nSPS) is 12.2. The van der Waals surface area contributed by atoms with E-state index >= 15 is 0 Å². The van der Waals surface area contributed by atoms with Gasteiger partial charge in [0.15, 0.2) is 0 Å². The molecule has 0 fully saturated rings. The monoisotopic (exact) mass is 288 g/mol. The number of aromatic nitrogens is 1. The van der Waals surface area contributed by atoms with Crippen LogP contribution in [0.1, 0.15) is 17.3 Å². The fourth-order valence-corrected chi connectivity index (χ4v) is 1.65. The van der Waals surface area contributed by atoms with Crippen molar-refractivity contribution >= 4 is 33.6 Å². The molecule has 0 bridgehead atoms. The van der Waals surface area contributed by atoms with Crippen molar-refractivity contribution in [3.63, 3.8) is 0 Å². The van der Waals surface area contributed by atoms with Crippen LogP contribution in [0.15, 0.2) is 22.9 Å². The first-order valence-electron chi connectivity index (χ1n) is 4.56.